The maximum Gasteiger partial charge on any atom is 0.269 e. The van der Waals surface area contributed by atoms with E-state index in [2.05, 4.69) is 5.32 Å². The molecule has 114 valence electrons. The van der Waals surface area contributed by atoms with Gasteiger partial charge in [-0.05, 0) is 12.0 Å². The van der Waals surface area contributed by atoms with Gasteiger partial charge in [0.05, 0.1) is 17.6 Å². The molecule has 0 spiro atoms. The molecule has 2 unspecified atom stereocenters. The Morgan fingerprint density at radius 2 is 2.24 bits per heavy atom. The molecule has 1 aliphatic rings. The zero-order valence-electron chi connectivity index (χ0n) is 12.1. The molecule has 1 aromatic carbocycles. The molecule has 1 amide bonds. The van der Waals surface area contributed by atoms with Crippen molar-refractivity contribution in [3.63, 3.8) is 0 Å². The number of benzene rings is 1. The number of ether oxygens (including phenoxy) is 1. The zero-order chi connectivity index (χ0) is 15.4. The van der Waals surface area contributed by atoms with Crippen LogP contribution in [0.5, 0.6) is 0 Å². The molecule has 7 nitrogen and oxygen atoms in total. The minimum absolute atomic E-state index is 0.00561. The minimum atomic E-state index is -0.433. The fourth-order valence-electron chi connectivity index (χ4n) is 2.49. The number of nitro benzene ring substituents is 1. The van der Waals surface area contributed by atoms with E-state index < -0.39 is 4.92 Å². The number of methoxy groups -OCH3 is 1. The number of carbonyl (C=O) groups is 1. The van der Waals surface area contributed by atoms with Crippen molar-refractivity contribution < 1.29 is 14.5 Å². The highest BCUT2D eigenvalue weighted by molar-refractivity contribution is 5.84. The van der Waals surface area contributed by atoms with Crippen LogP contribution in [0.25, 0.3) is 0 Å². The molecule has 1 heterocycles. The molecule has 1 fully saturated rings. The van der Waals surface area contributed by atoms with Crippen LogP contribution in [-0.2, 0) is 9.53 Å². The van der Waals surface area contributed by atoms with Gasteiger partial charge in [0.2, 0.25) is 5.91 Å². The Labute approximate surface area is 123 Å². The van der Waals surface area contributed by atoms with E-state index in [1.165, 1.54) is 12.1 Å². The summed E-state index contributed by atoms with van der Waals surface area (Å²) in [4.78, 5) is 24.5. The monoisotopic (exact) mass is 293 g/mol. The number of rotatable bonds is 6. The lowest BCUT2D eigenvalue weighted by Gasteiger charge is -2.24. The number of amides is 1. The summed E-state index contributed by atoms with van der Waals surface area (Å²) in [5, 5.41) is 14.1. The molecule has 0 aromatic heterocycles. The van der Waals surface area contributed by atoms with Crippen LogP contribution in [0.2, 0.25) is 0 Å². The average molecular weight is 293 g/mol. The van der Waals surface area contributed by atoms with Crippen LogP contribution < -0.4 is 5.32 Å². The van der Waals surface area contributed by atoms with Gasteiger partial charge in [-0.15, -0.1) is 0 Å². The Hall–Kier alpha value is -1.99. The van der Waals surface area contributed by atoms with E-state index in [0.717, 1.165) is 0 Å². The van der Waals surface area contributed by atoms with Crippen molar-refractivity contribution in [2.24, 2.45) is 0 Å². The lowest BCUT2D eigenvalue weighted by molar-refractivity contribution is -0.385. The largest absolute Gasteiger partial charge is 0.383 e. The van der Waals surface area contributed by atoms with Gasteiger partial charge in [-0.25, -0.2) is 0 Å². The van der Waals surface area contributed by atoms with E-state index in [1.807, 2.05) is 6.92 Å². The number of nitro groups is 1. The molecule has 1 aliphatic heterocycles. The van der Waals surface area contributed by atoms with Crippen LogP contribution in [-0.4, -0.2) is 42.0 Å². The SMILES string of the molecule is CCC1NC(c2cccc([N+](=O)[O-])c2)N(CCOC)C1=O. The molecule has 0 bridgehead atoms. The first kappa shape index (κ1) is 15.4. The number of non-ortho nitro benzene ring substituents is 1. The maximum atomic E-state index is 12.3. The van der Waals surface area contributed by atoms with Crippen LogP contribution in [0.4, 0.5) is 5.69 Å². The van der Waals surface area contributed by atoms with Crippen LogP contribution in [0.3, 0.4) is 0 Å². The summed E-state index contributed by atoms with van der Waals surface area (Å²) in [6.45, 7) is 2.81. The molecule has 0 saturated carbocycles. The molecule has 2 atom stereocenters. The van der Waals surface area contributed by atoms with E-state index >= 15 is 0 Å². The van der Waals surface area contributed by atoms with Crippen molar-refractivity contribution in [2.45, 2.75) is 25.6 Å². The second kappa shape index (κ2) is 6.64. The molecule has 0 aliphatic carbocycles. The van der Waals surface area contributed by atoms with Crippen LogP contribution in [0.15, 0.2) is 24.3 Å². The molecular weight excluding hydrogens is 274 g/mol. The molecule has 0 radical (unpaired) electrons. The highest BCUT2D eigenvalue weighted by atomic mass is 16.6. The molecule has 1 aromatic rings. The van der Waals surface area contributed by atoms with E-state index in [0.29, 0.717) is 25.1 Å². The molecule has 2 rings (SSSR count). The van der Waals surface area contributed by atoms with E-state index in [9.17, 15) is 14.9 Å². The summed E-state index contributed by atoms with van der Waals surface area (Å²) in [5.41, 5.74) is 0.734. The normalized spacial score (nSPS) is 21.8. The first-order valence-electron chi connectivity index (χ1n) is 6.88. The van der Waals surface area contributed by atoms with Gasteiger partial charge in [0, 0.05) is 25.8 Å². The van der Waals surface area contributed by atoms with Crippen molar-refractivity contribution >= 4 is 11.6 Å². The predicted molar refractivity (Wildman–Crippen MR) is 76.6 cm³/mol. The van der Waals surface area contributed by atoms with Crippen molar-refractivity contribution in [3.8, 4) is 0 Å². The van der Waals surface area contributed by atoms with Crippen LogP contribution in [0, 0.1) is 10.1 Å². The number of hydrogen-bond acceptors (Lipinski definition) is 5. The average Bonchev–Trinajstić information content (AvgIpc) is 2.81. The third kappa shape index (κ3) is 3.20. The smallest absolute Gasteiger partial charge is 0.269 e. The van der Waals surface area contributed by atoms with Crippen LogP contribution >= 0.6 is 0 Å². The van der Waals surface area contributed by atoms with Gasteiger partial charge in [0.15, 0.2) is 0 Å². The Morgan fingerprint density at radius 3 is 2.86 bits per heavy atom. The zero-order valence-corrected chi connectivity index (χ0v) is 12.1. The molecule has 7 heteroatoms. The van der Waals surface area contributed by atoms with Crippen molar-refractivity contribution in [2.75, 3.05) is 20.3 Å². The highest BCUT2D eigenvalue weighted by Gasteiger charge is 2.38. The van der Waals surface area contributed by atoms with Gasteiger partial charge in [-0.1, -0.05) is 19.1 Å². The Morgan fingerprint density at radius 1 is 1.48 bits per heavy atom. The summed E-state index contributed by atoms with van der Waals surface area (Å²) in [6.07, 6.45) is 0.325. The second-order valence-electron chi connectivity index (χ2n) is 4.91. The number of hydrogen-bond donors (Lipinski definition) is 1. The Bertz CT molecular complexity index is 535. The molecule has 21 heavy (non-hydrogen) atoms. The quantitative estimate of drug-likeness (QED) is 0.634. The summed E-state index contributed by atoms with van der Waals surface area (Å²) < 4.78 is 5.04. The van der Waals surface area contributed by atoms with Gasteiger partial charge in [0.25, 0.3) is 5.69 Å². The number of carbonyl (C=O) groups excluding carboxylic acids is 1. The topological polar surface area (TPSA) is 84.7 Å². The predicted octanol–water partition coefficient (Wildman–Crippen LogP) is 1.45. The highest BCUT2D eigenvalue weighted by Crippen LogP contribution is 2.28. The lowest BCUT2D eigenvalue weighted by Crippen LogP contribution is -2.33. The minimum Gasteiger partial charge on any atom is -0.383 e. The van der Waals surface area contributed by atoms with Gasteiger partial charge in [-0.3, -0.25) is 20.2 Å². The second-order valence-corrected chi connectivity index (χ2v) is 4.91. The van der Waals surface area contributed by atoms with E-state index in [-0.39, 0.29) is 23.8 Å². The van der Waals surface area contributed by atoms with Gasteiger partial charge in [-0.2, -0.15) is 0 Å². The Kier molecular flexibility index (Phi) is 4.87. The van der Waals surface area contributed by atoms with Gasteiger partial charge < -0.3 is 9.64 Å². The first-order chi connectivity index (χ1) is 10.1. The number of nitrogens with zero attached hydrogens (tertiary/aromatic N) is 2. The first-order valence-corrected chi connectivity index (χ1v) is 6.88. The van der Waals surface area contributed by atoms with Crippen molar-refractivity contribution in [1.29, 1.82) is 0 Å². The van der Waals surface area contributed by atoms with Crippen molar-refractivity contribution in [1.82, 2.24) is 10.2 Å². The fraction of sp³-hybridized carbons (Fsp3) is 0.500. The standard InChI is InChI=1S/C14H19N3O4/c1-3-12-14(18)16(7-8-21-2)13(15-12)10-5-4-6-11(9-10)17(19)20/h4-6,9,12-13,15H,3,7-8H2,1-2H3. The van der Waals surface area contributed by atoms with E-state index in [1.54, 1.807) is 24.1 Å². The van der Waals surface area contributed by atoms with Crippen molar-refractivity contribution in [3.05, 3.63) is 39.9 Å². The van der Waals surface area contributed by atoms with Crippen LogP contribution in [0.1, 0.15) is 25.1 Å². The third-order valence-corrected chi connectivity index (χ3v) is 3.59. The third-order valence-electron chi connectivity index (χ3n) is 3.59. The molecule has 1 N–H and O–H groups in total. The van der Waals surface area contributed by atoms with E-state index in [4.69, 9.17) is 4.74 Å². The number of nitrogens with one attached hydrogen (secondary N) is 1. The Balaban J connectivity index is 2.28. The fourth-order valence-corrected chi connectivity index (χ4v) is 2.49. The summed E-state index contributed by atoms with van der Waals surface area (Å²) in [7, 11) is 1.58. The lowest BCUT2D eigenvalue weighted by atomic mass is 10.1. The van der Waals surface area contributed by atoms with Gasteiger partial charge in [0.1, 0.15) is 6.17 Å². The summed E-state index contributed by atoms with van der Waals surface area (Å²) >= 11 is 0. The molecule has 1 saturated heterocycles. The maximum absolute atomic E-state index is 12.3. The van der Waals surface area contributed by atoms with Gasteiger partial charge >= 0.3 is 0 Å². The molecular formula is C14H19N3O4. The summed E-state index contributed by atoms with van der Waals surface area (Å²) in [5.74, 6) is 0.00561. The summed E-state index contributed by atoms with van der Waals surface area (Å²) in [6, 6.07) is 6.11.